The van der Waals surface area contributed by atoms with E-state index in [4.69, 9.17) is 5.14 Å². The first-order valence-corrected chi connectivity index (χ1v) is 9.74. The van der Waals surface area contributed by atoms with Gasteiger partial charge in [-0.1, -0.05) is 30.3 Å². The topological polar surface area (TPSA) is 96.6 Å². The van der Waals surface area contributed by atoms with E-state index in [-0.39, 0.29) is 10.7 Å². The number of benzene rings is 2. The first-order valence-electron chi connectivity index (χ1n) is 8.20. The Kier molecular flexibility index (Phi) is 7.11. The highest BCUT2D eigenvalue weighted by atomic mass is 32.2. The number of sulfonamides is 1. The van der Waals surface area contributed by atoms with Crippen LogP contribution < -0.4 is 15.8 Å². The summed E-state index contributed by atoms with van der Waals surface area (Å²) in [6.07, 6.45) is 1.25. The van der Waals surface area contributed by atoms with Gasteiger partial charge < -0.3 is 10.6 Å². The van der Waals surface area contributed by atoms with E-state index in [1.165, 1.54) is 18.2 Å². The fourth-order valence-corrected chi connectivity index (χ4v) is 2.92. The number of aliphatic imine (C=N–C) groups is 1. The zero-order chi connectivity index (χ0) is 19.0. The van der Waals surface area contributed by atoms with Gasteiger partial charge in [0, 0.05) is 20.1 Å². The molecule has 0 aliphatic carbocycles. The predicted octanol–water partition coefficient (Wildman–Crippen LogP) is 1.42. The molecule has 4 N–H and O–H groups in total. The minimum atomic E-state index is -3.67. The van der Waals surface area contributed by atoms with Gasteiger partial charge in [-0.3, -0.25) is 4.99 Å². The monoisotopic (exact) mass is 378 g/mol. The van der Waals surface area contributed by atoms with E-state index in [9.17, 15) is 12.8 Å². The lowest BCUT2D eigenvalue weighted by atomic mass is 10.1. The average Bonchev–Trinajstić information content (AvgIpc) is 2.61. The summed E-state index contributed by atoms with van der Waals surface area (Å²) in [6, 6.07) is 13.1. The molecule has 2 aromatic rings. The van der Waals surface area contributed by atoms with Gasteiger partial charge in [-0.05, 0) is 42.2 Å². The molecular weight excluding hydrogens is 355 g/mol. The number of halogens is 1. The molecule has 0 amide bonds. The number of hydrogen-bond donors (Lipinski definition) is 3. The molecule has 0 aliphatic rings. The van der Waals surface area contributed by atoms with Crippen molar-refractivity contribution >= 4 is 16.0 Å². The van der Waals surface area contributed by atoms with Gasteiger partial charge in [0.25, 0.3) is 0 Å². The van der Waals surface area contributed by atoms with Crippen LogP contribution in [0.4, 0.5) is 4.39 Å². The second-order valence-electron chi connectivity index (χ2n) is 5.71. The molecule has 0 unspecified atom stereocenters. The molecule has 0 spiro atoms. The van der Waals surface area contributed by atoms with E-state index >= 15 is 0 Å². The highest BCUT2D eigenvalue weighted by molar-refractivity contribution is 7.89. The number of nitrogens with zero attached hydrogens (tertiary/aromatic N) is 1. The fraction of sp³-hybridized carbons (Fsp3) is 0.278. The maximum Gasteiger partial charge on any atom is 0.238 e. The molecular formula is C18H23FN4O2S. The largest absolute Gasteiger partial charge is 0.356 e. The second kappa shape index (κ2) is 9.30. The van der Waals surface area contributed by atoms with E-state index in [0.717, 1.165) is 5.56 Å². The van der Waals surface area contributed by atoms with Crippen molar-refractivity contribution in [1.29, 1.82) is 0 Å². The Morgan fingerprint density at radius 2 is 1.65 bits per heavy atom. The van der Waals surface area contributed by atoms with Crippen molar-refractivity contribution in [2.45, 2.75) is 17.7 Å². The highest BCUT2D eigenvalue weighted by Crippen LogP contribution is 2.09. The lowest BCUT2D eigenvalue weighted by molar-refractivity contribution is 0.597. The van der Waals surface area contributed by atoms with E-state index in [1.54, 1.807) is 31.3 Å². The third kappa shape index (κ3) is 6.12. The third-order valence-electron chi connectivity index (χ3n) is 3.83. The van der Waals surface area contributed by atoms with Crippen LogP contribution in [0.15, 0.2) is 58.4 Å². The number of nitrogens with two attached hydrogens (primary N) is 1. The summed E-state index contributed by atoms with van der Waals surface area (Å²) in [4.78, 5) is 4.22. The Morgan fingerprint density at radius 1 is 1.04 bits per heavy atom. The van der Waals surface area contributed by atoms with Crippen molar-refractivity contribution in [3.63, 3.8) is 0 Å². The molecule has 0 aliphatic heterocycles. The van der Waals surface area contributed by atoms with E-state index in [0.29, 0.717) is 37.5 Å². The van der Waals surface area contributed by atoms with E-state index in [1.807, 2.05) is 6.07 Å². The maximum absolute atomic E-state index is 13.6. The highest BCUT2D eigenvalue weighted by Gasteiger charge is 2.07. The van der Waals surface area contributed by atoms with Crippen LogP contribution in [-0.4, -0.2) is 34.5 Å². The summed E-state index contributed by atoms with van der Waals surface area (Å²) in [5.74, 6) is 0.419. The van der Waals surface area contributed by atoms with Gasteiger partial charge in [-0.25, -0.2) is 17.9 Å². The van der Waals surface area contributed by atoms with Crippen molar-refractivity contribution in [3.8, 4) is 0 Å². The van der Waals surface area contributed by atoms with Crippen LogP contribution in [0.2, 0.25) is 0 Å². The molecule has 8 heteroatoms. The van der Waals surface area contributed by atoms with Crippen LogP contribution in [0.25, 0.3) is 0 Å². The first-order chi connectivity index (χ1) is 12.4. The maximum atomic E-state index is 13.6. The summed E-state index contributed by atoms with van der Waals surface area (Å²) in [5.41, 5.74) is 1.64. The molecule has 0 bridgehead atoms. The smallest absolute Gasteiger partial charge is 0.238 e. The molecule has 140 valence electrons. The van der Waals surface area contributed by atoms with Crippen molar-refractivity contribution in [3.05, 3.63) is 65.5 Å². The quantitative estimate of drug-likeness (QED) is 0.501. The molecule has 0 heterocycles. The molecule has 2 rings (SSSR count). The van der Waals surface area contributed by atoms with Crippen LogP contribution in [0.5, 0.6) is 0 Å². The number of guanidine groups is 1. The summed E-state index contributed by atoms with van der Waals surface area (Å²) >= 11 is 0. The summed E-state index contributed by atoms with van der Waals surface area (Å²) in [7, 11) is -2.00. The van der Waals surface area contributed by atoms with Crippen LogP contribution in [0, 0.1) is 5.82 Å². The minimum Gasteiger partial charge on any atom is -0.356 e. The molecule has 0 saturated carbocycles. The standard InChI is InChI=1S/C18H23FN4O2S/c1-21-18(23-13-11-15-4-2-3-5-17(15)19)22-12-10-14-6-8-16(9-7-14)26(20,24)25/h2-9H,10-13H2,1H3,(H2,20,24,25)(H2,21,22,23). The molecule has 2 aromatic carbocycles. The molecule has 26 heavy (non-hydrogen) atoms. The number of nitrogens with one attached hydrogen (secondary N) is 2. The number of primary sulfonamides is 1. The van der Waals surface area contributed by atoms with Crippen molar-refractivity contribution in [2.75, 3.05) is 20.1 Å². The Morgan fingerprint density at radius 3 is 2.23 bits per heavy atom. The van der Waals surface area contributed by atoms with Gasteiger partial charge in [-0.2, -0.15) is 0 Å². The molecule has 0 saturated heterocycles. The van der Waals surface area contributed by atoms with Crippen LogP contribution >= 0.6 is 0 Å². The van der Waals surface area contributed by atoms with Gasteiger partial charge in [0.2, 0.25) is 10.0 Å². The van der Waals surface area contributed by atoms with Crippen molar-refractivity contribution < 1.29 is 12.8 Å². The number of hydrogen-bond acceptors (Lipinski definition) is 3. The van der Waals surface area contributed by atoms with Crippen LogP contribution in [0.3, 0.4) is 0 Å². The van der Waals surface area contributed by atoms with Crippen molar-refractivity contribution in [2.24, 2.45) is 10.1 Å². The normalized spacial score (nSPS) is 12.0. The molecule has 0 atom stereocenters. The lowest BCUT2D eigenvalue weighted by Crippen LogP contribution is -2.39. The Labute approximate surface area is 153 Å². The molecule has 6 nitrogen and oxygen atoms in total. The minimum absolute atomic E-state index is 0.0971. The zero-order valence-electron chi connectivity index (χ0n) is 14.6. The predicted molar refractivity (Wildman–Crippen MR) is 101 cm³/mol. The number of rotatable bonds is 7. The van der Waals surface area contributed by atoms with Crippen LogP contribution in [-0.2, 0) is 22.9 Å². The van der Waals surface area contributed by atoms with Crippen LogP contribution in [0.1, 0.15) is 11.1 Å². The Balaban J connectivity index is 1.76. The van der Waals surface area contributed by atoms with Gasteiger partial charge in [0.15, 0.2) is 5.96 Å². The van der Waals surface area contributed by atoms with Gasteiger partial charge in [0.05, 0.1) is 4.90 Å². The Hall–Kier alpha value is -2.45. The SMILES string of the molecule is CN=C(NCCc1ccc(S(N)(=O)=O)cc1)NCCc1ccccc1F. The van der Waals surface area contributed by atoms with E-state index in [2.05, 4.69) is 15.6 Å². The van der Waals surface area contributed by atoms with E-state index < -0.39 is 10.0 Å². The third-order valence-corrected chi connectivity index (χ3v) is 4.76. The van der Waals surface area contributed by atoms with Gasteiger partial charge in [0.1, 0.15) is 5.82 Å². The fourth-order valence-electron chi connectivity index (χ4n) is 2.41. The second-order valence-corrected chi connectivity index (χ2v) is 7.27. The summed E-state index contributed by atoms with van der Waals surface area (Å²) < 4.78 is 36.0. The van der Waals surface area contributed by atoms with Gasteiger partial charge >= 0.3 is 0 Å². The Bertz CT molecular complexity index is 852. The van der Waals surface area contributed by atoms with Gasteiger partial charge in [-0.15, -0.1) is 0 Å². The molecule has 0 aromatic heterocycles. The zero-order valence-corrected chi connectivity index (χ0v) is 15.4. The molecule has 0 radical (unpaired) electrons. The molecule has 0 fully saturated rings. The first kappa shape index (κ1) is 19.9. The summed E-state index contributed by atoms with van der Waals surface area (Å²) in [6.45, 7) is 1.18. The lowest BCUT2D eigenvalue weighted by Gasteiger charge is -2.12. The van der Waals surface area contributed by atoms with Crippen molar-refractivity contribution in [1.82, 2.24) is 10.6 Å². The summed E-state index contributed by atoms with van der Waals surface area (Å²) in [5, 5.41) is 11.4. The average molecular weight is 378 g/mol.